The number of nitrogens with zero attached hydrogens (tertiary/aromatic N) is 2. The van der Waals surface area contributed by atoms with E-state index >= 15 is 0 Å². The van der Waals surface area contributed by atoms with Crippen molar-refractivity contribution >= 4 is 45.9 Å². The first kappa shape index (κ1) is 19.9. The lowest BCUT2D eigenvalue weighted by atomic mass is 9.87. The van der Waals surface area contributed by atoms with Gasteiger partial charge in [-0.15, -0.1) is 24.0 Å². The van der Waals surface area contributed by atoms with Crippen molar-refractivity contribution in [2.75, 3.05) is 32.8 Å². The molecule has 0 bridgehead atoms. The van der Waals surface area contributed by atoms with Crippen LogP contribution >= 0.6 is 39.9 Å². The van der Waals surface area contributed by atoms with E-state index in [1.165, 1.54) is 12.1 Å². The summed E-state index contributed by atoms with van der Waals surface area (Å²) in [7, 11) is 0. The number of benzene rings is 1. The van der Waals surface area contributed by atoms with Gasteiger partial charge in [-0.3, -0.25) is 0 Å². The fourth-order valence-electron chi connectivity index (χ4n) is 3.38. The lowest BCUT2D eigenvalue weighted by Crippen LogP contribution is -2.41. The molecule has 3 rings (SSSR count). The standard InChI is InChI=1S/C17H23BrFN3O.HI/c1-2-20-16(21-10-13-7-14(18)9-15(19)8-13)22-5-3-17(11-22)4-6-23-12-17;/h7-9H,2-6,10-12H2,1H3,(H,20,21);1H. The van der Waals surface area contributed by atoms with Crippen LogP contribution in [-0.2, 0) is 11.3 Å². The number of guanidine groups is 1. The molecule has 0 aliphatic carbocycles. The molecule has 1 unspecified atom stereocenters. The lowest BCUT2D eigenvalue weighted by Gasteiger charge is -2.25. The van der Waals surface area contributed by atoms with Crippen molar-refractivity contribution in [2.45, 2.75) is 26.3 Å². The Kier molecular flexibility index (Phi) is 7.30. The van der Waals surface area contributed by atoms with E-state index in [2.05, 4.69) is 33.1 Å². The second-order valence-electron chi connectivity index (χ2n) is 6.42. The zero-order valence-electron chi connectivity index (χ0n) is 13.9. The highest BCUT2D eigenvalue weighted by molar-refractivity contribution is 14.0. The predicted molar refractivity (Wildman–Crippen MR) is 108 cm³/mol. The molecular weight excluding hydrogens is 488 g/mol. The lowest BCUT2D eigenvalue weighted by molar-refractivity contribution is 0.156. The van der Waals surface area contributed by atoms with Crippen LogP contribution in [0.25, 0.3) is 0 Å². The maximum atomic E-state index is 13.5. The number of hydrogen-bond acceptors (Lipinski definition) is 2. The highest BCUT2D eigenvalue weighted by Gasteiger charge is 2.42. The van der Waals surface area contributed by atoms with Crippen LogP contribution in [0.1, 0.15) is 25.3 Å². The first-order valence-corrected chi connectivity index (χ1v) is 8.95. The molecule has 0 radical (unpaired) electrons. The van der Waals surface area contributed by atoms with Crippen molar-refractivity contribution in [2.24, 2.45) is 10.4 Å². The minimum absolute atomic E-state index is 0. The van der Waals surface area contributed by atoms with E-state index in [1.807, 2.05) is 6.07 Å². The van der Waals surface area contributed by atoms with Crippen molar-refractivity contribution < 1.29 is 9.13 Å². The van der Waals surface area contributed by atoms with Gasteiger partial charge in [0.25, 0.3) is 0 Å². The van der Waals surface area contributed by atoms with Gasteiger partial charge >= 0.3 is 0 Å². The quantitative estimate of drug-likeness (QED) is 0.381. The van der Waals surface area contributed by atoms with E-state index in [0.717, 1.165) is 61.7 Å². The summed E-state index contributed by atoms with van der Waals surface area (Å²) >= 11 is 3.33. The molecule has 1 spiro atoms. The number of hydrogen-bond donors (Lipinski definition) is 1. The van der Waals surface area contributed by atoms with Gasteiger partial charge in [-0.2, -0.15) is 0 Å². The highest BCUT2D eigenvalue weighted by atomic mass is 127. The van der Waals surface area contributed by atoms with E-state index in [9.17, 15) is 4.39 Å². The Morgan fingerprint density at radius 2 is 2.25 bits per heavy atom. The molecule has 1 atom stereocenters. The Labute approximate surface area is 168 Å². The zero-order chi connectivity index (χ0) is 16.3. The third kappa shape index (κ3) is 4.82. The first-order valence-electron chi connectivity index (χ1n) is 8.16. The molecule has 0 aromatic heterocycles. The van der Waals surface area contributed by atoms with Crippen molar-refractivity contribution in [1.29, 1.82) is 0 Å². The summed E-state index contributed by atoms with van der Waals surface area (Å²) in [6, 6.07) is 4.91. The van der Waals surface area contributed by atoms with Gasteiger partial charge in [0.2, 0.25) is 0 Å². The van der Waals surface area contributed by atoms with E-state index in [0.29, 0.717) is 12.0 Å². The van der Waals surface area contributed by atoms with Crippen molar-refractivity contribution in [3.63, 3.8) is 0 Å². The molecule has 2 fully saturated rings. The molecule has 2 saturated heterocycles. The molecule has 24 heavy (non-hydrogen) atoms. The van der Waals surface area contributed by atoms with E-state index in [1.54, 1.807) is 0 Å². The smallest absolute Gasteiger partial charge is 0.194 e. The molecule has 7 heteroatoms. The Morgan fingerprint density at radius 3 is 2.92 bits per heavy atom. The van der Waals surface area contributed by atoms with Crippen LogP contribution < -0.4 is 5.32 Å². The number of aliphatic imine (C=N–C) groups is 1. The summed E-state index contributed by atoms with van der Waals surface area (Å²) in [5, 5.41) is 3.36. The molecule has 1 aromatic rings. The summed E-state index contributed by atoms with van der Waals surface area (Å²) in [6.45, 7) is 7.09. The predicted octanol–water partition coefficient (Wildman–Crippen LogP) is 3.78. The topological polar surface area (TPSA) is 36.9 Å². The van der Waals surface area contributed by atoms with Crippen LogP contribution in [0.3, 0.4) is 0 Å². The average Bonchev–Trinajstić information content (AvgIpc) is 3.13. The second kappa shape index (κ2) is 8.80. The maximum Gasteiger partial charge on any atom is 0.194 e. The van der Waals surface area contributed by atoms with Gasteiger partial charge in [0.15, 0.2) is 5.96 Å². The summed E-state index contributed by atoms with van der Waals surface area (Å²) in [5.41, 5.74) is 1.17. The number of halogens is 3. The van der Waals surface area contributed by atoms with Crippen molar-refractivity contribution in [3.8, 4) is 0 Å². The van der Waals surface area contributed by atoms with Crippen molar-refractivity contribution in [1.82, 2.24) is 10.2 Å². The van der Waals surface area contributed by atoms with Crippen molar-refractivity contribution in [3.05, 3.63) is 34.1 Å². The zero-order valence-corrected chi connectivity index (χ0v) is 17.8. The Morgan fingerprint density at radius 1 is 1.42 bits per heavy atom. The highest BCUT2D eigenvalue weighted by Crippen LogP contribution is 2.38. The van der Waals surface area contributed by atoms with Crippen LogP contribution in [0, 0.1) is 11.2 Å². The number of rotatable bonds is 3. The van der Waals surface area contributed by atoms with Crippen LogP contribution in [0.15, 0.2) is 27.7 Å². The normalized spacial score (nSPS) is 23.6. The number of likely N-dealkylation sites (tertiary alicyclic amines) is 1. The van der Waals surface area contributed by atoms with E-state index in [4.69, 9.17) is 9.73 Å². The van der Waals surface area contributed by atoms with Crippen LogP contribution in [0.5, 0.6) is 0 Å². The molecule has 0 amide bonds. The molecule has 1 N–H and O–H groups in total. The minimum Gasteiger partial charge on any atom is -0.381 e. The van der Waals surface area contributed by atoms with Crippen LogP contribution in [-0.4, -0.2) is 43.7 Å². The van der Waals surface area contributed by atoms with Gasteiger partial charge in [0.05, 0.1) is 13.2 Å². The van der Waals surface area contributed by atoms with Gasteiger partial charge in [-0.25, -0.2) is 9.38 Å². The Balaban J connectivity index is 0.00000208. The largest absolute Gasteiger partial charge is 0.381 e. The van der Waals surface area contributed by atoms with Gasteiger partial charge in [-0.05, 0) is 43.5 Å². The van der Waals surface area contributed by atoms with Gasteiger partial charge < -0.3 is 15.0 Å². The number of ether oxygens (including phenoxy) is 1. The summed E-state index contributed by atoms with van der Waals surface area (Å²) < 4.78 is 19.8. The fourth-order valence-corrected chi connectivity index (χ4v) is 3.89. The molecule has 4 nitrogen and oxygen atoms in total. The van der Waals surface area contributed by atoms with Gasteiger partial charge in [-0.1, -0.05) is 15.9 Å². The number of nitrogens with one attached hydrogen (secondary N) is 1. The maximum absolute atomic E-state index is 13.5. The second-order valence-corrected chi connectivity index (χ2v) is 7.34. The molecule has 2 heterocycles. The third-order valence-corrected chi connectivity index (χ3v) is 5.05. The summed E-state index contributed by atoms with van der Waals surface area (Å²) in [5.74, 6) is 0.675. The fraction of sp³-hybridized carbons (Fsp3) is 0.588. The SMILES string of the molecule is CCNC(=NCc1cc(F)cc(Br)c1)N1CCC2(CCOC2)C1.I. The Bertz CT molecular complexity index is 573. The summed E-state index contributed by atoms with van der Waals surface area (Å²) in [4.78, 5) is 7.02. The first-order chi connectivity index (χ1) is 11.1. The molecule has 0 saturated carbocycles. The molecule has 2 aliphatic rings. The van der Waals surface area contributed by atoms with Gasteiger partial charge in [0.1, 0.15) is 5.82 Å². The summed E-state index contributed by atoms with van der Waals surface area (Å²) in [6.07, 6.45) is 2.29. The molecular formula is C17H24BrFIN3O. The molecule has 134 valence electrons. The molecule has 2 aliphatic heterocycles. The average molecular weight is 512 g/mol. The van der Waals surface area contributed by atoms with Crippen LogP contribution in [0.4, 0.5) is 4.39 Å². The monoisotopic (exact) mass is 511 g/mol. The van der Waals surface area contributed by atoms with E-state index in [-0.39, 0.29) is 29.8 Å². The third-order valence-electron chi connectivity index (χ3n) is 4.59. The Hall–Kier alpha value is -0.410. The van der Waals surface area contributed by atoms with Crippen LogP contribution in [0.2, 0.25) is 0 Å². The minimum atomic E-state index is -0.238. The van der Waals surface area contributed by atoms with E-state index < -0.39 is 0 Å². The molecule has 1 aromatic carbocycles. The van der Waals surface area contributed by atoms with Gasteiger partial charge in [0, 0.05) is 36.1 Å².